The Bertz CT molecular complexity index is 719. The van der Waals surface area contributed by atoms with Crippen molar-refractivity contribution in [3.8, 4) is 11.5 Å². The summed E-state index contributed by atoms with van der Waals surface area (Å²) in [5, 5.41) is 0. The first kappa shape index (κ1) is 25.0. The average molecular weight is 425 g/mol. The van der Waals surface area contributed by atoms with Gasteiger partial charge in [0.2, 0.25) is 0 Å². The second-order valence-electron chi connectivity index (χ2n) is 8.34. The molecule has 3 nitrogen and oxygen atoms in total. The quantitative estimate of drug-likeness (QED) is 0.155. The molecule has 2 rings (SSSR count). The summed E-state index contributed by atoms with van der Waals surface area (Å²) in [5.74, 6) is 1.05. The van der Waals surface area contributed by atoms with Crippen LogP contribution < -0.4 is 9.47 Å². The molecule has 0 radical (unpaired) electrons. The van der Waals surface area contributed by atoms with Crippen LogP contribution in [-0.2, 0) is 6.42 Å². The molecule has 0 aromatic heterocycles. The molecule has 0 saturated carbocycles. The molecule has 0 aliphatic rings. The van der Waals surface area contributed by atoms with E-state index < -0.39 is 0 Å². The molecule has 0 N–H and O–H groups in total. The van der Waals surface area contributed by atoms with E-state index in [-0.39, 0.29) is 5.97 Å². The second-order valence-corrected chi connectivity index (χ2v) is 8.34. The summed E-state index contributed by atoms with van der Waals surface area (Å²) in [6.07, 6.45) is 15.0. The monoisotopic (exact) mass is 424 g/mol. The van der Waals surface area contributed by atoms with E-state index in [1.807, 2.05) is 24.3 Å². The van der Waals surface area contributed by atoms with E-state index in [9.17, 15) is 4.79 Å². The number of hydrogen-bond acceptors (Lipinski definition) is 3. The van der Waals surface area contributed by atoms with Crippen LogP contribution in [0.25, 0.3) is 0 Å². The van der Waals surface area contributed by atoms with Crippen molar-refractivity contribution in [1.29, 1.82) is 0 Å². The second kappa shape index (κ2) is 15.5. The molecular weight excluding hydrogens is 384 g/mol. The normalized spacial score (nSPS) is 10.8. The Hall–Kier alpha value is -2.29. The maximum atomic E-state index is 12.4. The molecule has 0 amide bonds. The van der Waals surface area contributed by atoms with Gasteiger partial charge in [0.05, 0.1) is 12.2 Å². The third kappa shape index (κ3) is 10.5. The zero-order valence-corrected chi connectivity index (χ0v) is 19.5. The highest BCUT2D eigenvalue weighted by molar-refractivity contribution is 5.91. The predicted molar refractivity (Wildman–Crippen MR) is 129 cm³/mol. The van der Waals surface area contributed by atoms with Gasteiger partial charge in [0.25, 0.3) is 0 Å². The van der Waals surface area contributed by atoms with E-state index in [4.69, 9.17) is 9.47 Å². The Labute approximate surface area is 189 Å². The van der Waals surface area contributed by atoms with E-state index in [0.29, 0.717) is 11.3 Å². The molecule has 0 heterocycles. The summed E-state index contributed by atoms with van der Waals surface area (Å²) >= 11 is 0. The van der Waals surface area contributed by atoms with E-state index in [1.165, 1.54) is 69.8 Å². The van der Waals surface area contributed by atoms with Gasteiger partial charge in [-0.2, -0.15) is 0 Å². The van der Waals surface area contributed by atoms with Crippen molar-refractivity contribution in [2.24, 2.45) is 0 Å². The molecule has 3 heteroatoms. The number of ether oxygens (including phenoxy) is 2. The zero-order valence-electron chi connectivity index (χ0n) is 19.5. The van der Waals surface area contributed by atoms with Crippen LogP contribution in [0, 0.1) is 0 Å². The number of esters is 1. The van der Waals surface area contributed by atoms with Crippen LogP contribution in [0.3, 0.4) is 0 Å². The fourth-order valence-corrected chi connectivity index (χ4v) is 3.58. The first-order valence-corrected chi connectivity index (χ1v) is 12.3. The van der Waals surface area contributed by atoms with Gasteiger partial charge in [0, 0.05) is 0 Å². The Morgan fingerprint density at radius 1 is 0.645 bits per heavy atom. The summed E-state index contributed by atoms with van der Waals surface area (Å²) in [6, 6.07) is 15.1. The Morgan fingerprint density at radius 2 is 1.19 bits per heavy atom. The molecule has 0 saturated heterocycles. The van der Waals surface area contributed by atoms with Gasteiger partial charge in [-0.15, -0.1) is 0 Å². The lowest BCUT2D eigenvalue weighted by Gasteiger charge is -2.08. The minimum absolute atomic E-state index is 0.338. The largest absolute Gasteiger partial charge is 0.494 e. The Kier molecular flexibility index (Phi) is 12.5. The summed E-state index contributed by atoms with van der Waals surface area (Å²) in [5.41, 5.74) is 1.83. The van der Waals surface area contributed by atoms with Gasteiger partial charge in [-0.05, 0) is 61.2 Å². The molecule has 0 fully saturated rings. The van der Waals surface area contributed by atoms with Crippen LogP contribution in [0.4, 0.5) is 0 Å². The van der Waals surface area contributed by atoms with E-state index in [2.05, 4.69) is 26.0 Å². The molecule has 31 heavy (non-hydrogen) atoms. The summed E-state index contributed by atoms with van der Waals surface area (Å²) in [4.78, 5) is 12.4. The zero-order chi connectivity index (χ0) is 22.2. The number of carbonyl (C=O) groups is 1. The fraction of sp³-hybridized carbons (Fsp3) is 0.536. The number of carbonyl (C=O) groups excluding carboxylic acids is 1. The van der Waals surface area contributed by atoms with Crippen LogP contribution in [0.15, 0.2) is 48.5 Å². The van der Waals surface area contributed by atoms with Gasteiger partial charge in [0.15, 0.2) is 0 Å². The van der Waals surface area contributed by atoms with Crippen LogP contribution >= 0.6 is 0 Å². The predicted octanol–water partition coefficient (Wildman–Crippen LogP) is 8.16. The first-order valence-electron chi connectivity index (χ1n) is 12.3. The highest BCUT2D eigenvalue weighted by Crippen LogP contribution is 2.18. The Balaban J connectivity index is 1.69. The molecule has 0 atom stereocenters. The number of aryl methyl sites for hydroxylation is 1. The minimum Gasteiger partial charge on any atom is -0.494 e. The smallest absolute Gasteiger partial charge is 0.343 e. The standard InChI is InChI=1S/C28H40O3/c1-3-5-7-9-11-13-23-30-26-21-17-25(18-22-26)28(29)31-27-19-15-24(16-20-27)14-12-10-8-6-4-2/h15-22H,3-14,23H2,1-2H3. The van der Waals surface area contributed by atoms with Crippen LogP contribution in [0.1, 0.15) is 100 Å². The Morgan fingerprint density at radius 3 is 1.84 bits per heavy atom. The van der Waals surface area contributed by atoms with Gasteiger partial charge in [-0.25, -0.2) is 4.79 Å². The number of unbranched alkanes of at least 4 members (excludes halogenated alkanes) is 9. The topological polar surface area (TPSA) is 35.5 Å². The maximum Gasteiger partial charge on any atom is 0.343 e. The molecular formula is C28H40O3. The summed E-state index contributed by atoms with van der Waals surface area (Å²) in [6.45, 7) is 5.19. The number of benzene rings is 2. The third-order valence-electron chi connectivity index (χ3n) is 5.56. The maximum absolute atomic E-state index is 12.4. The fourth-order valence-electron chi connectivity index (χ4n) is 3.58. The molecule has 2 aromatic rings. The van der Waals surface area contributed by atoms with Gasteiger partial charge in [-0.3, -0.25) is 0 Å². The lowest BCUT2D eigenvalue weighted by atomic mass is 10.1. The number of hydrogen-bond donors (Lipinski definition) is 0. The third-order valence-corrected chi connectivity index (χ3v) is 5.56. The molecule has 170 valence electrons. The molecule has 0 bridgehead atoms. The molecule has 2 aromatic carbocycles. The molecule has 0 aliphatic heterocycles. The summed E-state index contributed by atoms with van der Waals surface area (Å²) < 4.78 is 11.3. The van der Waals surface area contributed by atoms with Gasteiger partial charge in [0.1, 0.15) is 11.5 Å². The van der Waals surface area contributed by atoms with Gasteiger partial charge in [-0.1, -0.05) is 83.8 Å². The van der Waals surface area contributed by atoms with Crippen molar-refractivity contribution < 1.29 is 14.3 Å². The highest BCUT2D eigenvalue weighted by atomic mass is 16.5. The van der Waals surface area contributed by atoms with Gasteiger partial charge >= 0.3 is 5.97 Å². The van der Waals surface area contributed by atoms with Crippen LogP contribution in [-0.4, -0.2) is 12.6 Å². The van der Waals surface area contributed by atoms with Crippen molar-refractivity contribution in [2.75, 3.05) is 6.61 Å². The number of rotatable bonds is 16. The highest BCUT2D eigenvalue weighted by Gasteiger charge is 2.09. The van der Waals surface area contributed by atoms with Crippen molar-refractivity contribution >= 4 is 5.97 Å². The summed E-state index contributed by atoms with van der Waals surface area (Å²) in [7, 11) is 0. The van der Waals surface area contributed by atoms with Crippen molar-refractivity contribution in [1.82, 2.24) is 0 Å². The van der Waals surface area contributed by atoms with Crippen molar-refractivity contribution in [3.63, 3.8) is 0 Å². The van der Waals surface area contributed by atoms with Crippen LogP contribution in [0.5, 0.6) is 11.5 Å². The molecule has 0 spiro atoms. The van der Waals surface area contributed by atoms with E-state index in [0.717, 1.165) is 25.2 Å². The van der Waals surface area contributed by atoms with E-state index in [1.54, 1.807) is 12.1 Å². The van der Waals surface area contributed by atoms with Gasteiger partial charge < -0.3 is 9.47 Å². The van der Waals surface area contributed by atoms with E-state index >= 15 is 0 Å². The van der Waals surface area contributed by atoms with Crippen molar-refractivity contribution in [3.05, 3.63) is 59.7 Å². The van der Waals surface area contributed by atoms with Crippen molar-refractivity contribution in [2.45, 2.75) is 90.9 Å². The lowest BCUT2D eigenvalue weighted by Crippen LogP contribution is -2.08. The van der Waals surface area contributed by atoms with Crippen LogP contribution in [0.2, 0.25) is 0 Å². The molecule has 0 unspecified atom stereocenters. The minimum atomic E-state index is -0.338. The average Bonchev–Trinajstić information content (AvgIpc) is 2.80. The molecule has 0 aliphatic carbocycles. The first-order chi connectivity index (χ1) is 15.2. The SMILES string of the molecule is CCCCCCCCOc1ccc(C(=O)Oc2ccc(CCCCCCC)cc2)cc1. The lowest BCUT2D eigenvalue weighted by molar-refractivity contribution is 0.0734.